The molecule has 8 nitrogen and oxygen atoms in total. The summed E-state index contributed by atoms with van der Waals surface area (Å²) in [6.07, 6.45) is 1.23. The molecule has 35 heavy (non-hydrogen) atoms. The molecule has 0 spiro atoms. The Hall–Kier alpha value is -4.24. The Morgan fingerprint density at radius 3 is 2.46 bits per heavy atom. The van der Waals surface area contributed by atoms with Crippen LogP contribution < -0.4 is 20.8 Å². The monoisotopic (exact) mass is 496 g/mol. The molecule has 0 aliphatic carbocycles. The van der Waals surface area contributed by atoms with Crippen LogP contribution in [0.3, 0.4) is 0 Å². The predicted molar refractivity (Wildman–Crippen MR) is 132 cm³/mol. The van der Waals surface area contributed by atoms with Gasteiger partial charge in [-0.15, -0.1) is 0 Å². The number of amides is 3. The minimum absolute atomic E-state index is 0.250. The van der Waals surface area contributed by atoms with Crippen molar-refractivity contribution in [1.29, 1.82) is 0 Å². The van der Waals surface area contributed by atoms with E-state index in [0.29, 0.717) is 22.0 Å². The number of carbonyl (C=O) groups is 3. The van der Waals surface area contributed by atoms with Crippen LogP contribution in [0, 0.1) is 19.7 Å². The number of hydrazone groups is 1. The maximum absolute atomic E-state index is 12.9. The van der Waals surface area contributed by atoms with Crippen LogP contribution >= 0.6 is 11.6 Å². The lowest BCUT2D eigenvalue weighted by Crippen LogP contribution is -2.32. The van der Waals surface area contributed by atoms with Gasteiger partial charge in [0.1, 0.15) is 11.6 Å². The van der Waals surface area contributed by atoms with Gasteiger partial charge in [0.2, 0.25) is 0 Å². The van der Waals surface area contributed by atoms with Crippen molar-refractivity contribution in [1.82, 2.24) is 5.43 Å². The van der Waals surface area contributed by atoms with Crippen LogP contribution in [0.25, 0.3) is 0 Å². The van der Waals surface area contributed by atoms with E-state index in [1.54, 1.807) is 12.1 Å². The van der Waals surface area contributed by atoms with Crippen LogP contribution in [0.5, 0.6) is 5.75 Å². The Bertz CT molecular complexity index is 1280. The van der Waals surface area contributed by atoms with E-state index in [2.05, 4.69) is 21.2 Å². The summed E-state index contributed by atoms with van der Waals surface area (Å²) in [5, 5.41) is 9.24. The second-order valence-electron chi connectivity index (χ2n) is 7.50. The van der Waals surface area contributed by atoms with Crippen LogP contribution in [0.1, 0.15) is 16.7 Å². The normalized spacial score (nSPS) is 10.6. The average Bonchev–Trinajstić information content (AvgIpc) is 2.82. The maximum atomic E-state index is 12.9. The number of halogens is 2. The highest BCUT2D eigenvalue weighted by molar-refractivity contribution is 6.39. The minimum atomic E-state index is -1.04. The van der Waals surface area contributed by atoms with Crippen molar-refractivity contribution in [2.75, 3.05) is 17.2 Å². The van der Waals surface area contributed by atoms with E-state index < -0.39 is 17.6 Å². The van der Waals surface area contributed by atoms with Crippen molar-refractivity contribution in [3.63, 3.8) is 0 Å². The molecule has 0 unspecified atom stereocenters. The number of benzene rings is 3. The van der Waals surface area contributed by atoms with Crippen molar-refractivity contribution in [2.45, 2.75) is 13.8 Å². The molecule has 0 aromatic heterocycles. The van der Waals surface area contributed by atoms with Gasteiger partial charge in [-0.05, 0) is 73.5 Å². The Labute approximate surface area is 206 Å². The summed E-state index contributed by atoms with van der Waals surface area (Å²) in [5.74, 6) is -2.57. The molecule has 3 rings (SSSR count). The number of carbonyl (C=O) groups excluding carboxylic acids is 3. The average molecular weight is 497 g/mol. The third-order valence-corrected chi connectivity index (χ3v) is 4.91. The van der Waals surface area contributed by atoms with Gasteiger partial charge in [0, 0.05) is 22.0 Å². The molecule has 3 aromatic carbocycles. The largest absolute Gasteiger partial charge is 0.483 e. The number of anilines is 2. The van der Waals surface area contributed by atoms with Crippen LogP contribution in [0.2, 0.25) is 5.02 Å². The molecular formula is C25H22ClFN4O4. The quantitative estimate of drug-likeness (QED) is 0.259. The lowest BCUT2D eigenvalue weighted by molar-refractivity contribution is -0.136. The van der Waals surface area contributed by atoms with Crippen LogP contribution in [0.4, 0.5) is 15.8 Å². The van der Waals surface area contributed by atoms with Crippen molar-refractivity contribution < 1.29 is 23.5 Å². The van der Waals surface area contributed by atoms with Gasteiger partial charge in [-0.1, -0.05) is 23.7 Å². The summed E-state index contributed by atoms with van der Waals surface area (Å²) >= 11 is 6.04. The van der Waals surface area contributed by atoms with E-state index in [1.807, 2.05) is 32.0 Å². The molecule has 0 aliphatic heterocycles. The smallest absolute Gasteiger partial charge is 0.329 e. The first-order chi connectivity index (χ1) is 16.7. The molecule has 3 aromatic rings. The van der Waals surface area contributed by atoms with Crippen molar-refractivity contribution in [2.24, 2.45) is 5.10 Å². The Morgan fingerprint density at radius 1 is 0.971 bits per heavy atom. The highest BCUT2D eigenvalue weighted by Crippen LogP contribution is 2.22. The first-order valence-corrected chi connectivity index (χ1v) is 10.8. The molecular weight excluding hydrogens is 475 g/mol. The van der Waals surface area contributed by atoms with Crippen LogP contribution in [-0.4, -0.2) is 30.5 Å². The summed E-state index contributed by atoms with van der Waals surface area (Å²) in [7, 11) is 0. The topological polar surface area (TPSA) is 109 Å². The molecule has 10 heteroatoms. The fourth-order valence-electron chi connectivity index (χ4n) is 2.88. The van der Waals surface area contributed by atoms with Gasteiger partial charge in [-0.2, -0.15) is 5.10 Å². The van der Waals surface area contributed by atoms with Gasteiger partial charge in [0.25, 0.3) is 5.91 Å². The number of ether oxygens (including phenoxy) is 1. The second kappa shape index (κ2) is 11.8. The van der Waals surface area contributed by atoms with E-state index in [4.69, 9.17) is 16.3 Å². The summed E-state index contributed by atoms with van der Waals surface area (Å²) in [4.78, 5) is 36.3. The molecule has 0 saturated heterocycles. The van der Waals surface area contributed by atoms with E-state index in [9.17, 15) is 18.8 Å². The van der Waals surface area contributed by atoms with Gasteiger partial charge in [-0.25, -0.2) is 9.82 Å². The molecule has 0 fully saturated rings. The van der Waals surface area contributed by atoms with Gasteiger partial charge >= 0.3 is 11.8 Å². The van der Waals surface area contributed by atoms with Gasteiger partial charge < -0.3 is 15.4 Å². The summed E-state index contributed by atoms with van der Waals surface area (Å²) in [5.41, 5.74) is 5.33. The molecule has 0 aliphatic rings. The summed E-state index contributed by atoms with van der Waals surface area (Å²) in [6.45, 7) is 3.54. The number of nitrogens with zero attached hydrogens (tertiary/aromatic N) is 1. The predicted octanol–water partition coefficient (Wildman–Crippen LogP) is 4.20. The molecule has 3 amide bonds. The highest BCUT2D eigenvalue weighted by atomic mass is 35.5. The SMILES string of the molecule is Cc1ccc(C)c(NC(=O)COc2ccc(Cl)cc2/C=N\NC(=O)C(=O)Nc2ccc(F)cc2)c1. The fourth-order valence-corrected chi connectivity index (χ4v) is 3.06. The van der Waals surface area contributed by atoms with Crippen molar-refractivity contribution in [3.8, 4) is 5.75 Å². The Balaban J connectivity index is 1.58. The van der Waals surface area contributed by atoms with Crippen molar-refractivity contribution in [3.05, 3.63) is 88.2 Å². The molecule has 0 bridgehead atoms. The minimum Gasteiger partial charge on any atom is -0.483 e. The van der Waals surface area contributed by atoms with E-state index in [0.717, 1.165) is 23.3 Å². The zero-order valence-corrected chi connectivity index (χ0v) is 19.7. The van der Waals surface area contributed by atoms with E-state index >= 15 is 0 Å². The first-order valence-electron chi connectivity index (χ1n) is 10.4. The molecule has 0 atom stereocenters. The zero-order valence-electron chi connectivity index (χ0n) is 18.9. The number of hydrogen-bond acceptors (Lipinski definition) is 5. The Kier molecular flexibility index (Phi) is 8.53. The van der Waals surface area contributed by atoms with E-state index in [-0.39, 0.29) is 18.2 Å². The van der Waals surface area contributed by atoms with Crippen LogP contribution in [-0.2, 0) is 14.4 Å². The zero-order chi connectivity index (χ0) is 25.4. The first kappa shape index (κ1) is 25.4. The highest BCUT2D eigenvalue weighted by Gasteiger charge is 2.13. The second-order valence-corrected chi connectivity index (χ2v) is 7.93. The van der Waals surface area contributed by atoms with Gasteiger partial charge in [-0.3, -0.25) is 14.4 Å². The standard InChI is InChI=1S/C25H22ClFN4O4/c1-15-3-4-16(2)21(11-15)30-23(32)14-35-22-10-5-18(26)12-17(22)13-28-31-25(34)24(33)29-20-8-6-19(27)7-9-20/h3-13H,14H2,1-2H3,(H,29,33)(H,30,32)(H,31,34)/b28-13-. The fraction of sp³-hybridized carbons (Fsp3) is 0.120. The molecule has 0 radical (unpaired) electrons. The van der Waals surface area contributed by atoms with Crippen LogP contribution in [0.15, 0.2) is 65.8 Å². The summed E-state index contributed by atoms with van der Waals surface area (Å²) in [6, 6.07) is 15.3. The van der Waals surface area contributed by atoms with E-state index in [1.165, 1.54) is 24.4 Å². The van der Waals surface area contributed by atoms with Gasteiger partial charge in [0.15, 0.2) is 6.61 Å². The summed E-state index contributed by atoms with van der Waals surface area (Å²) < 4.78 is 18.6. The lowest BCUT2D eigenvalue weighted by Gasteiger charge is -2.12. The van der Waals surface area contributed by atoms with Gasteiger partial charge in [0.05, 0.1) is 6.21 Å². The maximum Gasteiger partial charge on any atom is 0.329 e. The molecule has 0 heterocycles. The Morgan fingerprint density at radius 2 is 1.71 bits per heavy atom. The third-order valence-electron chi connectivity index (χ3n) is 4.68. The number of nitrogens with one attached hydrogen (secondary N) is 3. The molecule has 3 N–H and O–H groups in total. The number of aryl methyl sites for hydroxylation is 2. The number of rotatable bonds is 7. The molecule has 0 saturated carbocycles. The number of hydrogen-bond donors (Lipinski definition) is 3. The molecule has 180 valence electrons. The third kappa shape index (κ3) is 7.65. The lowest BCUT2D eigenvalue weighted by atomic mass is 10.1. The van der Waals surface area contributed by atoms with Crippen molar-refractivity contribution >= 4 is 46.9 Å².